The van der Waals surface area contributed by atoms with Crippen LogP contribution in [0.5, 0.6) is 0 Å². The smallest absolute Gasteiger partial charge is 0.408 e. The van der Waals surface area contributed by atoms with E-state index in [1.165, 1.54) is 0 Å². The lowest BCUT2D eigenvalue weighted by atomic mass is 10.0. The maximum absolute atomic E-state index is 13.0. The molecule has 0 spiro atoms. The van der Waals surface area contributed by atoms with Crippen LogP contribution < -0.4 is 10.6 Å². The molecule has 0 heterocycles. The molecule has 3 aromatic rings. The number of rotatable bonds is 11. The summed E-state index contributed by atoms with van der Waals surface area (Å²) in [4.78, 5) is 37.3. The number of nitrogens with one attached hydrogen (secondary N) is 2. The number of hydrogen-bond donors (Lipinski definition) is 3. The van der Waals surface area contributed by atoms with Gasteiger partial charge in [-0.1, -0.05) is 91.0 Å². The second-order valence-electron chi connectivity index (χ2n) is 7.87. The Morgan fingerprint density at radius 1 is 0.706 bits per heavy atom. The van der Waals surface area contributed by atoms with Crippen LogP contribution >= 0.6 is 0 Å². The summed E-state index contributed by atoms with van der Waals surface area (Å²) in [5.74, 6) is -1.71. The SMILES string of the molecule is O=C(N[C@@H](Cc1ccccc1)C(=O)N[C@H](CCc1ccccc1)C(=O)O)OCc1ccccc1. The van der Waals surface area contributed by atoms with Crippen molar-refractivity contribution in [2.24, 2.45) is 0 Å². The van der Waals surface area contributed by atoms with Gasteiger partial charge in [-0.3, -0.25) is 4.79 Å². The summed E-state index contributed by atoms with van der Waals surface area (Å²) in [6.45, 7) is 0.0567. The number of carbonyl (C=O) groups excluding carboxylic acids is 2. The summed E-state index contributed by atoms with van der Waals surface area (Å²) < 4.78 is 5.26. The number of amides is 2. The van der Waals surface area contributed by atoms with E-state index in [0.29, 0.717) is 6.42 Å². The molecule has 0 aliphatic carbocycles. The third kappa shape index (κ3) is 8.09. The number of benzene rings is 3. The molecular weight excluding hydrogens is 432 g/mol. The standard InChI is InChI=1S/C27H28N2O5/c30-25(28-23(26(31)32)17-16-20-10-4-1-5-11-20)24(18-21-12-6-2-7-13-21)29-27(33)34-19-22-14-8-3-9-15-22/h1-15,23-24H,16-19H2,(H,28,30)(H,29,33)(H,31,32)/t23-,24+/m1/s1. The molecule has 7 heteroatoms. The van der Waals surface area contributed by atoms with E-state index in [4.69, 9.17) is 4.74 Å². The van der Waals surface area contributed by atoms with Gasteiger partial charge in [-0.25, -0.2) is 9.59 Å². The molecule has 3 aromatic carbocycles. The van der Waals surface area contributed by atoms with Gasteiger partial charge in [-0.05, 0) is 29.5 Å². The number of aliphatic carboxylic acids is 1. The van der Waals surface area contributed by atoms with Gasteiger partial charge in [0.05, 0.1) is 0 Å². The Bertz CT molecular complexity index is 1060. The maximum atomic E-state index is 13.0. The van der Waals surface area contributed by atoms with Crippen LogP contribution in [0.3, 0.4) is 0 Å². The van der Waals surface area contributed by atoms with Crippen LogP contribution in [-0.2, 0) is 33.8 Å². The summed E-state index contributed by atoms with van der Waals surface area (Å²) >= 11 is 0. The number of carbonyl (C=O) groups is 3. The highest BCUT2D eigenvalue weighted by Gasteiger charge is 2.27. The summed E-state index contributed by atoms with van der Waals surface area (Å²) in [5.41, 5.74) is 2.61. The van der Waals surface area contributed by atoms with Crippen molar-refractivity contribution in [1.29, 1.82) is 0 Å². The Hall–Kier alpha value is -4.13. The van der Waals surface area contributed by atoms with Crippen molar-refractivity contribution in [2.75, 3.05) is 0 Å². The van der Waals surface area contributed by atoms with E-state index in [1.54, 1.807) is 0 Å². The van der Waals surface area contributed by atoms with Gasteiger partial charge >= 0.3 is 12.1 Å². The van der Waals surface area contributed by atoms with Gasteiger partial charge in [0.25, 0.3) is 0 Å². The molecule has 0 aromatic heterocycles. The average Bonchev–Trinajstić information content (AvgIpc) is 2.86. The minimum atomic E-state index is -1.13. The first-order chi connectivity index (χ1) is 16.5. The molecule has 2 amide bonds. The highest BCUT2D eigenvalue weighted by Crippen LogP contribution is 2.08. The van der Waals surface area contributed by atoms with Gasteiger partial charge in [-0.15, -0.1) is 0 Å². The number of alkyl carbamates (subject to hydrolysis) is 1. The first-order valence-corrected chi connectivity index (χ1v) is 11.1. The average molecular weight is 461 g/mol. The second kappa shape index (κ2) is 12.8. The van der Waals surface area contributed by atoms with Crippen molar-refractivity contribution in [2.45, 2.75) is 38.0 Å². The van der Waals surface area contributed by atoms with Gasteiger partial charge in [0, 0.05) is 6.42 Å². The largest absolute Gasteiger partial charge is 0.480 e. The van der Waals surface area contributed by atoms with Crippen LogP contribution in [0.25, 0.3) is 0 Å². The molecule has 0 saturated heterocycles. The fourth-order valence-corrected chi connectivity index (χ4v) is 3.45. The van der Waals surface area contributed by atoms with Crippen molar-refractivity contribution in [1.82, 2.24) is 10.6 Å². The Kier molecular flexibility index (Phi) is 9.22. The molecule has 34 heavy (non-hydrogen) atoms. The van der Waals surface area contributed by atoms with Gasteiger partial charge in [0.15, 0.2) is 0 Å². The van der Waals surface area contributed by atoms with Crippen molar-refractivity contribution >= 4 is 18.0 Å². The van der Waals surface area contributed by atoms with Crippen LogP contribution in [0.1, 0.15) is 23.1 Å². The zero-order valence-corrected chi connectivity index (χ0v) is 18.7. The van der Waals surface area contributed by atoms with E-state index in [9.17, 15) is 19.5 Å². The lowest BCUT2D eigenvalue weighted by Gasteiger charge is -2.21. The van der Waals surface area contributed by atoms with Crippen molar-refractivity contribution < 1.29 is 24.2 Å². The van der Waals surface area contributed by atoms with E-state index in [-0.39, 0.29) is 19.4 Å². The van der Waals surface area contributed by atoms with Crippen LogP contribution in [0, 0.1) is 0 Å². The molecule has 176 valence electrons. The van der Waals surface area contributed by atoms with Crippen molar-refractivity contribution in [3.8, 4) is 0 Å². The molecule has 0 bridgehead atoms. The lowest BCUT2D eigenvalue weighted by Crippen LogP contribution is -2.52. The van der Waals surface area contributed by atoms with E-state index in [1.807, 2.05) is 91.0 Å². The molecule has 0 radical (unpaired) electrons. The Morgan fingerprint density at radius 2 is 1.24 bits per heavy atom. The topological polar surface area (TPSA) is 105 Å². The van der Waals surface area contributed by atoms with E-state index < -0.39 is 30.1 Å². The summed E-state index contributed by atoms with van der Waals surface area (Å²) in [7, 11) is 0. The van der Waals surface area contributed by atoms with Crippen LogP contribution in [0.4, 0.5) is 4.79 Å². The molecule has 0 saturated carbocycles. The minimum absolute atomic E-state index is 0.0567. The monoisotopic (exact) mass is 460 g/mol. The molecule has 3 N–H and O–H groups in total. The lowest BCUT2D eigenvalue weighted by molar-refractivity contribution is -0.142. The highest BCUT2D eigenvalue weighted by atomic mass is 16.5. The number of ether oxygens (including phenoxy) is 1. The van der Waals surface area contributed by atoms with Crippen LogP contribution in [-0.4, -0.2) is 35.2 Å². The number of carboxylic acid groups (broad SMARTS) is 1. The number of hydrogen-bond acceptors (Lipinski definition) is 4. The molecule has 2 atom stereocenters. The Morgan fingerprint density at radius 3 is 1.79 bits per heavy atom. The van der Waals surface area contributed by atoms with Gasteiger partial charge < -0.3 is 20.5 Å². The van der Waals surface area contributed by atoms with Gasteiger partial charge in [0.2, 0.25) is 5.91 Å². The molecule has 0 unspecified atom stereocenters. The summed E-state index contributed by atoms with van der Waals surface area (Å²) in [6, 6.07) is 25.7. The maximum Gasteiger partial charge on any atom is 0.408 e. The Balaban J connectivity index is 1.64. The van der Waals surface area contributed by atoms with Crippen molar-refractivity contribution in [3.63, 3.8) is 0 Å². The third-order valence-electron chi connectivity index (χ3n) is 5.28. The molecule has 0 aliphatic rings. The van der Waals surface area contributed by atoms with Crippen LogP contribution in [0.15, 0.2) is 91.0 Å². The normalized spacial score (nSPS) is 12.2. The summed E-state index contributed by atoms with van der Waals surface area (Å²) in [5, 5.41) is 14.8. The molecule has 0 aliphatic heterocycles. The van der Waals surface area contributed by atoms with E-state index in [0.717, 1.165) is 16.7 Å². The molecule has 0 fully saturated rings. The predicted octanol–water partition coefficient (Wildman–Crippen LogP) is 3.73. The van der Waals surface area contributed by atoms with Crippen LogP contribution in [0.2, 0.25) is 0 Å². The van der Waals surface area contributed by atoms with Gasteiger partial charge in [-0.2, -0.15) is 0 Å². The number of aryl methyl sites for hydroxylation is 1. The van der Waals surface area contributed by atoms with E-state index in [2.05, 4.69) is 10.6 Å². The van der Waals surface area contributed by atoms with Gasteiger partial charge in [0.1, 0.15) is 18.7 Å². The molecular formula is C27H28N2O5. The highest BCUT2D eigenvalue weighted by molar-refractivity contribution is 5.89. The first-order valence-electron chi connectivity index (χ1n) is 11.1. The second-order valence-corrected chi connectivity index (χ2v) is 7.87. The zero-order valence-electron chi connectivity index (χ0n) is 18.7. The number of carboxylic acids is 1. The fourth-order valence-electron chi connectivity index (χ4n) is 3.45. The molecule has 3 rings (SSSR count). The predicted molar refractivity (Wildman–Crippen MR) is 128 cm³/mol. The summed E-state index contributed by atoms with van der Waals surface area (Å²) in [6.07, 6.45) is 0.157. The molecule has 7 nitrogen and oxygen atoms in total. The minimum Gasteiger partial charge on any atom is -0.480 e. The first kappa shape index (κ1) is 24.5. The van der Waals surface area contributed by atoms with Crippen molar-refractivity contribution in [3.05, 3.63) is 108 Å². The third-order valence-corrected chi connectivity index (χ3v) is 5.28. The zero-order chi connectivity index (χ0) is 24.2. The van der Waals surface area contributed by atoms with E-state index >= 15 is 0 Å². The fraction of sp³-hybridized carbons (Fsp3) is 0.222. The quantitative estimate of drug-likeness (QED) is 0.405. The Labute approximate surface area is 198 Å².